The van der Waals surface area contributed by atoms with Crippen molar-refractivity contribution in [3.8, 4) is 0 Å². The van der Waals surface area contributed by atoms with Gasteiger partial charge in [0, 0.05) is 30.7 Å². The second kappa shape index (κ2) is 5.18. The number of aliphatic hydroxyl groups is 1. The van der Waals surface area contributed by atoms with E-state index >= 15 is 0 Å². The summed E-state index contributed by atoms with van der Waals surface area (Å²) in [5.74, 6) is -0.422. The van der Waals surface area contributed by atoms with Crippen molar-refractivity contribution < 1.29 is 14.3 Å². The van der Waals surface area contributed by atoms with Crippen molar-refractivity contribution in [2.75, 3.05) is 20.2 Å². The smallest absolute Gasteiger partial charge is 0.226 e. The quantitative estimate of drug-likeness (QED) is 0.859. The fourth-order valence-electron chi connectivity index (χ4n) is 1.87. The van der Waals surface area contributed by atoms with E-state index in [0.29, 0.717) is 6.54 Å². The van der Waals surface area contributed by atoms with E-state index in [1.54, 1.807) is 19.3 Å². The van der Waals surface area contributed by atoms with Crippen LogP contribution >= 0.6 is 0 Å². The molecule has 0 saturated heterocycles. The Hall–Kier alpha value is -1.88. The van der Waals surface area contributed by atoms with E-state index in [0.717, 1.165) is 16.5 Å². The topological polar surface area (TPSA) is 56.3 Å². The number of aromatic nitrogens is 1. The molecule has 0 bridgehead atoms. The summed E-state index contributed by atoms with van der Waals surface area (Å²) in [6.45, 7) is 0.236. The number of carbonyl (C=O) groups is 1. The molecule has 0 aliphatic heterocycles. The zero-order chi connectivity index (χ0) is 13.1. The molecule has 1 aromatic heterocycles. The van der Waals surface area contributed by atoms with Crippen LogP contribution in [0.4, 0.5) is 4.39 Å². The highest BCUT2D eigenvalue weighted by Crippen LogP contribution is 2.20. The maximum atomic E-state index is 13.2. The second-order valence-corrected chi connectivity index (χ2v) is 4.22. The number of nitrogens with zero attached hydrogens (tertiary/aromatic N) is 1. The lowest BCUT2D eigenvalue weighted by Gasteiger charge is -2.15. The first kappa shape index (κ1) is 12.6. The van der Waals surface area contributed by atoms with Crippen molar-refractivity contribution in [2.24, 2.45) is 0 Å². The zero-order valence-electron chi connectivity index (χ0n) is 10.1. The Bertz CT molecular complexity index is 565. The summed E-state index contributed by atoms with van der Waals surface area (Å²) < 4.78 is 13.2. The lowest BCUT2D eigenvalue weighted by molar-refractivity contribution is -0.129. The molecule has 0 aliphatic rings. The SMILES string of the molecule is CN(CCO)C(=O)Cc1c[nH]c2ccc(F)cc12. The molecule has 0 saturated carbocycles. The molecule has 1 aromatic carbocycles. The maximum Gasteiger partial charge on any atom is 0.226 e. The molecule has 4 nitrogen and oxygen atoms in total. The number of carbonyl (C=O) groups excluding carboxylic acids is 1. The van der Waals surface area contributed by atoms with Gasteiger partial charge in [0.1, 0.15) is 5.82 Å². The van der Waals surface area contributed by atoms with E-state index in [-0.39, 0.29) is 24.8 Å². The summed E-state index contributed by atoms with van der Waals surface area (Å²) in [6.07, 6.45) is 1.91. The van der Waals surface area contributed by atoms with E-state index in [1.165, 1.54) is 17.0 Å². The molecule has 5 heteroatoms. The Kier molecular flexibility index (Phi) is 3.62. The molecule has 2 aromatic rings. The lowest BCUT2D eigenvalue weighted by atomic mass is 10.1. The normalized spacial score (nSPS) is 10.8. The first-order valence-electron chi connectivity index (χ1n) is 5.72. The van der Waals surface area contributed by atoms with E-state index in [9.17, 15) is 9.18 Å². The highest BCUT2D eigenvalue weighted by atomic mass is 19.1. The van der Waals surface area contributed by atoms with E-state index in [4.69, 9.17) is 5.11 Å². The molecule has 1 heterocycles. The van der Waals surface area contributed by atoms with Crippen LogP contribution in [0.25, 0.3) is 10.9 Å². The van der Waals surface area contributed by atoms with Gasteiger partial charge in [-0.1, -0.05) is 0 Å². The van der Waals surface area contributed by atoms with E-state index < -0.39 is 0 Å². The number of nitrogens with one attached hydrogen (secondary N) is 1. The van der Waals surface area contributed by atoms with E-state index in [1.807, 2.05) is 0 Å². The number of aromatic amines is 1. The van der Waals surface area contributed by atoms with Gasteiger partial charge < -0.3 is 15.0 Å². The van der Waals surface area contributed by atoms with Gasteiger partial charge in [-0.2, -0.15) is 0 Å². The van der Waals surface area contributed by atoms with Crippen LogP contribution in [0.3, 0.4) is 0 Å². The average molecular weight is 250 g/mol. The minimum Gasteiger partial charge on any atom is -0.395 e. The molecule has 2 N–H and O–H groups in total. The van der Waals surface area contributed by atoms with Gasteiger partial charge in [-0.3, -0.25) is 4.79 Å². The van der Waals surface area contributed by atoms with Gasteiger partial charge in [0.25, 0.3) is 0 Å². The molecule has 2 rings (SSSR count). The van der Waals surface area contributed by atoms with Crippen LogP contribution in [0.2, 0.25) is 0 Å². The van der Waals surface area contributed by atoms with Crippen molar-refractivity contribution in [3.05, 3.63) is 35.8 Å². The highest BCUT2D eigenvalue weighted by Gasteiger charge is 2.12. The number of aliphatic hydroxyl groups excluding tert-OH is 1. The number of hydrogen-bond acceptors (Lipinski definition) is 2. The molecule has 0 radical (unpaired) electrons. The Morgan fingerprint density at radius 3 is 3.00 bits per heavy atom. The van der Waals surface area contributed by atoms with Crippen LogP contribution in [0, 0.1) is 5.82 Å². The van der Waals surface area contributed by atoms with E-state index in [2.05, 4.69) is 4.98 Å². The number of H-pyrrole nitrogens is 1. The number of rotatable bonds is 4. The molecule has 1 amide bonds. The van der Waals surface area contributed by atoms with Gasteiger partial charge in [0.15, 0.2) is 0 Å². The fourth-order valence-corrected chi connectivity index (χ4v) is 1.87. The molecule has 0 aliphatic carbocycles. The highest BCUT2D eigenvalue weighted by molar-refractivity contribution is 5.88. The maximum absolute atomic E-state index is 13.2. The number of benzene rings is 1. The van der Waals surface area contributed by atoms with Crippen molar-refractivity contribution in [2.45, 2.75) is 6.42 Å². The number of halogens is 1. The summed E-state index contributed by atoms with van der Waals surface area (Å²) in [6, 6.07) is 4.44. The third-order valence-corrected chi connectivity index (χ3v) is 2.93. The third kappa shape index (κ3) is 2.51. The van der Waals surface area contributed by atoms with Gasteiger partial charge in [-0.15, -0.1) is 0 Å². The molecule has 96 valence electrons. The van der Waals surface area contributed by atoms with Crippen LogP contribution in [-0.4, -0.2) is 41.1 Å². The molecular weight excluding hydrogens is 235 g/mol. The van der Waals surface area contributed by atoms with Crippen LogP contribution in [0.15, 0.2) is 24.4 Å². The largest absolute Gasteiger partial charge is 0.395 e. The predicted octanol–water partition coefficient (Wildman–Crippen LogP) is 1.30. The number of hydrogen-bond donors (Lipinski definition) is 2. The van der Waals surface area contributed by atoms with Crippen LogP contribution < -0.4 is 0 Å². The Balaban J connectivity index is 2.21. The first-order chi connectivity index (χ1) is 8.61. The third-order valence-electron chi connectivity index (χ3n) is 2.93. The first-order valence-corrected chi connectivity index (χ1v) is 5.72. The number of fused-ring (bicyclic) bond motifs is 1. The van der Waals surface area contributed by atoms with Crippen molar-refractivity contribution in [1.29, 1.82) is 0 Å². The van der Waals surface area contributed by atoms with Gasteiger partial charge >= 0.3 is 0 Å². The Labute approximate surface area is 104 Å². The van der Waals surface area contributed by atoms with Gasteiger partial charge in [0.2, 0.25) is 5.91 Å². The summed E-state index contributed by atoms with van der Waals surface area (Å²) in [7, 11) is 1.63. The fraction of sp³-hybridized carbons (Fsp3) is 0.308. The number of likely N-dealkylation sites (N-methyl/N-ethyl adjacent to an activating group) is 1. The second-order valence-electron chi connectivity index (χ2n) is 4.22. The van der Waals surface area contributed by atoms with Crippen molar-refractivity contribution in [3.63, 3.8) is 0 Å². The minimum atomic E-state index is -0.320. The van der Waals surface area contributed by atoms with Gasteiger partial charge in [0.05, 0.1) is 13.0 Å². The summed E-state index contributed by atoms with van der Waals surface area (Å²) >= 11 is 0. The predicted molar refractivity (Wildman–Crippen MR) is 66.7 cm³/mol. The number of amides is 1. The summed E-state index contributed by atoms with van der Waals surface area (Å²) in [5.41, 5.74) is 1.57. The lowest BCUT2D eigenvalue weighted by Crippen LogP contribution is -2.30. The average Bonchev–Trinajstić information content (AvgIpc) is 2.72. The zero-order valence-corrected chi connectivity index (χ0v) is 10.1. The van der Waals surface area contributed by atoms with Crippen LogP contribution in [-0.2, 0) is 11.2 Å². The Morgan fingerprint density at radius 1 is 1.50 bits per heavy atom. The van der Waals surface area contributed by atoms with Gasteiger partial charge in [-0.25, -0.2) is 4.39 Å². The van der Waals surface area contributed by atoms with Crippen LogP contribution in [0.1, 0.15) is 5.56 Å². The molecule has 0 spiro atoms. The van der Waals surface area contributed by atoms with Crippen molar-refractivity contribution >= 4 is 16.8 Å². The summed E-state index contributed by atoms with van der Waals surface area (Å²) in [5, 5.41) is 9.49. The van der Waals surface area contributed by atoms with Gasteiger partial charge in [-0.05, 0) is 23.8 Å². The molecule has 0 atom stereocenters. The van der Waals surface area contributed by atoms with Crippen LogP contribution in [0.5, 0.6) is 0 Å². The Morgan fingerprint density at radius 2 is 2.28 bits per heavy atom. The standard InChI is InChI=1S/C13H15FN2O2/c1-16(4-5-17)13(18)6-9-8-15-12-3-2-10(14)7-11(9)12/h2-3,7-8,15,17H,4-6H2,1H3. The molecule has 0 fully saturated rings. The minimum absolute atomic E-state index is 0.0647. The molecule has 18 heavy (non-hydrogen) atoms. The van der Waals surface area contributed by atoms with Crippen molar-refractivity contribution in [1.82, 2.24) is 9.88 Å². The molecule has 0 unspecified atom stereocenters. The summed E-state index contributed by atoms with van der Waals surface area (Å²) in [4.78, 5) is 16.3. The molecular formula is C13H15FN2O2. The monoisotopic (exact) mass is 250 g/mol.